The molecule has 1 aliphatic carbocycles. The van der Waals surface area contributed by atoms with E-state index in [1.165, 1.54) is 25.0 Å². The molecule has 2 N–H and O–H groups in total. The summed E-state index contributed by atoms with van der Waals surface area (Å²) in [6.45, 7) is 1.20. The number of hydrogen-bond acceptors (Lipinski definition) is 5. The lowest BCUT2D eigenvalue weighted by atomic mass is 10.5. The summed E-state index contributed by atoms with van der Waals surface area (Å²) in [7, 11) is -3.63. The molecule has 0 saturated heterocycles. The largest absolute Gasteiger partial charge is 0.477 e. The molecule has 0 aromatic carbocycles. The normalized spacial score (nSPS) is 15.6. The van der Waals surface area contributed by atoms with Crippen LogP contribution in [0, 0.1) is 5.92 Å². The lowest BCUT2D eigenvalue weighted by Gasteiger charge is -2.05. The molecule has 19 heavy (non-hydrogen) atoms. The monoisotopic (exact) mass is 305 g/mol. The summed E-state index contributed by atoms with van der Waals surface area (Å²) in [5.74, 6) is -0.480. The van der Waals surface area contributed by atoms with Crippen LogP contribution in [-0.2, 0) is 14.8 Å². The molecule has 8 heteroatoms. The zero-order valence-electron chi connectivity index (χ0n) is 10.2. The summed E-state index contributed by atoms with van der Waals surface area (Å²) in [5, 5.41) is 8.74. The number of carbonyl (C=O) groups is 1. The minimum Gasteiger partial charge on any atom is -0.477 e. The van der Waals surface area contributed by atoms with E-state index in [-0.39, 0.29) is 15.6 Å². The van der Waals surface area contributed by atoms with Crippen LogP contribution in [-0.4, -0.2) is 39.3 Å². The van der Waals surface area contributed by atoms with E-state index in [0.717, 1.165) is 11.3 Å². The maximum atomic E-state index is 11.8. The second-order valence-corrected chi connectivity index (χ2v) is 7.42. The number of rotatable bonds is 8. The zero-order valence-corrected chi connectivity index (χ0v) is 11.8. The molecule has 0 unspecified atom stereocenters. The molecule has 1 heterocycles. The van der Waals surface area contributed by atoms with Gasteiger partial charge < -0.3 is 9.84 Å². The van der Waals surface area contributed by atoms with Crippen molar-refractivity contribution in [1.29, 1.82) is 0 Å². The number of aromatic carboxylic acids is 1. The van der Waals surface area contributed by atoms with Crippen LogP contribution in [0.2, 0.25) is 0 Å². The Balaban J connectivity index is 1.80. The van der Waals surface area contributed by atoms with Gasteiger partial charge in [-0.3, -0.25) is 0 Å². The van der Waals surface area contributed by atoms with Crippen LogP contribution in [0.4, 0.5) is 0 Å². The van der Waals surface area contributed by atoms with Crippen molar-refractivity contribution >= 4 is 27.3 Å². The number of sulfonamides is 1. The molecule has 0 atom stereocenters. The number of hydrogen-bond donors (Lipinski definition) is 2. The van der Waals surface area contributed by atoms with Gasteiger partial charge >= 0.3 is 5.97 Å². The van der Waals surface area contributed by atoms with Gasteiger partial charge in [-0.1, -0.05) is 0 Å². The number of nitrogens with one attached hydrogen (secondary N) is 1. The van der Waals surface area contributed by atoms with Crippen molar-refractivity contribution in [3.63, 3.8) is 0 Å². The van der Waals surface area contributed by atoms with Gasteiger partial charge in [0.1, 0.15) is 9.09 Å². The summed E-state index contributed by atoms with van der Waals surface area (Å²) in [6, 6.07) is 2.58. The van der Waals surface area contributed by atoms with Crippen LogP contribution in [0.15, 0.2) is 16.3 Å². The highest BCUT2D eigenvalue weighted by molar-refractivity contribution is 7.91. The van der Waals surface area contributed by atoms with Gasteiger partial charge in [-0.15, -0.1) is 11.3 Å². The Hall–Kier alpha value is -0.960. The van der Waals surface area contributed by atoms with Crippen LogP contribution in [0.3, 0.4) is 0 Å². The van der Waals surface area contributed by atoms with Crippen LogP contribution >= 0.6 is 11.3 Å². The van der Waals surface area contributed by atoms with E-state index >= 15 is 0 Å². The molecule has 0 spiro atoms. The van der Waals surface area contributed by atoms with Crippen LogP contribution in [0.1, 0.15) is 22.5 Å². The van der Waals surface area contributed by atoms with Gasteiger partial charge in [0.05, 0.1) is 6.61 Å². The van der Waals surface area contributed by atoms with E-state index in [0.29, 0.717) is 19.1 Å². The molecular weight excluding hydrogens is 290 g/mol. The minimum atomic E-state index is -3.63. The molecule has 1 aliphatic rings. The third-order valence-corrected chi connectivity index (χ3v) is 5.67. The average molecular weight is 305 g/mol. The SMILES string of the molecule is O=C(O)c1ccc(S(=O)(=O)NCCOCC2CC2)s1. The number of thiophene rings is 1. The molecule has 1 fully saturated rings. The second-order valence-electron chi connectivity index (χ2n) is 4.34. The molecule has 2 rings (SSSR count). The summed E-state index contributed by atoms with van der Waals surface area (Å²) >= 11 is 0.736. The Bertz CT molecular complexity index is 547. The molecule has 0 bridgehead atoms. The van der Waals surface area contributed by atoms with Crippen molar-refractivity contribution in [2.45, 2.75) is 17.1 Å². The highest BCUT2D eigenvalue weighted by Gasteiger charge is 2.21. The summed E-state index contributed by atoms with van der Waals surface area (Å²) in [6.07, 6.45) is 2.39. The molecule has 106 valence electrons. The van der Waals surface area contributed by atoms with E-state index in [9.17, 15) is 13.2 Å². The Morgan fingerprint density at radius 3 is 2.79 bits per heavy atom. The summed E-state index contributed by atoms with van der Waals surface area (Å²) < 4.78 is 31.4. The molecule has 1 saturated carbocycles. The highest BCUT2D eigenvalue weighted by Crippen LogP contribution is 2.28. The first-order valence-corrected chi connectivity index (χ1v) is 8.19. The van der Waals surface area contributed by atoms with Gasteiger partial charge in [0.2, 0.25) is 10.0 Å². The summed E-state index contributed by atoms with van der Waals surface area (Å²) in [5.41, 5.74) is 0. The first kappa shape index (κ1) is 14.4. The van der Waals surface area contributed by atoms with E-state index < -0.39 is 16.0 Å². The van der Waals surface area contributed by atoms with E-state index in [1.54, 1.807) is 0 Å². The molecular formula is C11H15NO5S2. The van der Waals surface area contributed by atoms with Gasteiger partial charge in [-0.05, 0) is 30.9 Å². The lowest BCUT2D eigenvalue weighted by molar-refractivity contribution is 0.0702. The van der Waals surface area contributed by atoms with Crippen molar-refractivity contribution in [2.75, 3.05) is 19.8 Å². The molecule has 1 aromatic heterocycles. The van der Waals surface area contributed by atoms with Crippen LogP contribution in [0.25, 0.3) is 0 Å². The zero-order chi connectivity index (χ0) is 13.9. The Kier molecular flexibility index (Phi) is 4.56. The molecule has 0 radical (unpaired) electrons. The van der Waals surface area contributed by atoms with Gasteiger partial charge in [-0.25, -0.2) is 17.9 Å². The van der Waals surface area contributed by atoms with Crippen molar-refractivity contribution < 1.29 is 23.1 Å². The topological polar surface area (TPSA) is 92.7 Å². The number of carboxylic acids is 1. The number of ether oxygens (including phenoxy) is 1. The van der Waals surface area contributed by atoms with Crippen LogP contribution in [0.5, 0.6) is 0 Å². The maximum absolute atomic E-state index is 11.8. The molecule has 6 nitrogen and oxygen atoms in total. The predicted octanol–water partition coefficient (Wildman–Crippen LogP) is 1.15. The van der Waals surface area contributed by atoms with Gasteiger partial charge in [-0.2, -0.15) is 0 Å². The van der Waals surface area contributed by atoms with E-state index in [2.05, 4.69) is 4.72 Å². The molecule has 1 aromatic rings. The second kappa shape index (κ2) is 6.00. The van der Waals surface area contributed by atoms with Crippen LogP contribution < -0.4 is 4.72 Å². The highest BCUT2D eigenvalue weighted by atomic mass is 32.2. The Labute approximate surface area is 115 Å². The van der Waals surface area contributed by atoms with E-state index in [1.807, 2.05) is 0 Å². The summed E-state index contributed by atoms with van der Waals surface area (Å²) in [4.78, 5) is 10.7. The first-order valence-electron chi connectivity index (χ1n) is 5.89. The lowest BCUT2D eigenvalue weighted by Crippen LogP contribution is -2.27. The fourth-order valence-corrected chi connectivity index (χ4v) is 3.64. The number of carboxylic acid groups (broad SMARTS) is 1. The fraction of sp³-hybridized carbons (Fsp3) is 0.545. The Morgan fingerprint density at radius 2 is 2.21 bits per heavy atom. The van der Waals surface area contributed by atoms with Crippen molar-refractivity contribution in [3.05, 3.63) is 17.0 Å². The quantitative estimate of drug-likeness (QED) is 0.703. The first-order chi connectivity index (χ1) is 8.99. The van der Waals surface area contributed by atoms with Gasteiger partial charge in [0, 0.05) is 13.2 Å². The van der Waals surface area contributed by atoms with E-state index in [4.69, 9.17) is 9.84 Å². The molecule has 0 aliphatic heterocycles. The third-order valence-electron chi connectivity index (χ3n) is 2.65. The van der Waals surface area contributed by atoms with Gasteiger partial charge in [0.25, 0.3) is 0 Å². The molecule has 0 amide bonds. The Morgan fingerprint density at radius 1 is 1.47 bits per heavy atom. The predicted molar refractivity (Wildman–Crippen MR) is 70.0 cm³/mol. The van der Waals surface area contributed by atoms with Crippen molar-refractivity contribution in [1.82, 2.24) is 4.72 Å². The van der Waals surface area contributed by atoms with Crippen molar-refractivity contribution in [2.24, 2.45) is 5.92 Å². The minimum absolute atomic E-state index is 0.00496. The smallest absolute Gasteiger partial charge is 0.345 e. The van der Waals surface area contributed by atoms with Crippen molar-refractivity contribution in [3.8, 4) is 0 Å². The fourth-order valence-electron chi connectivity index (χ4n) is 1.43. The third kappa shape index (κ3) is 4.27. The maximum Gasteiger partial charge on any atom is 0.345 e. The average Bonchev–Trinajstić information content (AvgIpc) is 3.01. The van der Waals surface area contributed by atoms with Gasteiger partial charge in [0.15, 0.2) is 0 Å². The standard InChI is InChI=1S/C11H15NO5S2/c13-11(14)9-3-4-10(18-9)19(15,16)12-5-6-17-7-8-1-2-8/h3-4,8,12H,1-2,5-7H2,(H,13,14).